The molecule has 1 amide bonds. The van der Waals surface area contributed by atoms with Crippen molar-refractivity contribution in [1.29, 1.82) is 0 Å². The summed E-state index contributed by atoms with van der Waals surface area (Å²) in [6.45, 7) is 0. The number of rotatable bonds is 6. The lowest BCUT2D eigenvalue weighted by atomic mass is 10.2. The van der Waals surface area contributed by atoms with Crippen molar-refractivity contribution in [2.75, 3.05) is 12.4 Å². The molecule has 0 unspecified atom stereocenters. The Balaban J connectivity index is 2.09. The Labute approximate surface area is 187 Å². The van der Waals surface area contributed by atoms with Crippen molar-refractivity contribution in [3.05, 3.63) is 59.7 Å². The minimum absolute atomic E-state index is 0.0460. The van der Waals surface area contributed by atoms with E-state index in [1.165, 1.54) is 31.4 Å². The predicted molar refractivity (Wildman–Crippen MR) is 117 cm³/mol. The van der Waals surface area contributed by atoms with Crippen LogP contribution in [0.1, 0.15) is 20.7 Å². The number of ether oxygens (including phenoxy) is 1. The first-order valence-corrected chi connectivity index (χ1v) is 9.57. The van der Waals surface area contributed by atoms with Gasteiger partial charge in [0.05, 0.1) is 18.2 Å². The zero-order valence-electron chi connectivity index (χ0n) is 14.9. The van der Waals surface area contributed by atoms with Crippen LogP contribution in [0.3, 0.4) is 0 Å². The molecule has 1 atom stereocenters. The predicted octanol–water partition coefficient (Wildman–Crippen LogP) is 3.81. The summed E-state index contributed by atoms with van der Waals surface area (Å²) in [4.78, 5) is 23.5. The zero-order valence-corrected chi connectivity index (χ0v) is 18.0. The third-order valence-electron chi connectivity index (χ3n) is 3.62. The number of thiocarbonyl (C=S) groups is 1. The maximum Gasteiger partial charge on any atom is 0.335 e. The normalized spacial score (nSPS) is 11.9. The fourth-order valence-electron chi connectivity index (χ4n) is 2.24. The molecule has 0 aliphatic heterocycles. The van der Waals surface area contributed by atoms with Gasteiger partial charge in [0.15, 0.2) is 5.11 Å². The number of amides is 1. The van der Waals surface area contributed by atoms with Gasteiger partial charge >= 0.3 is 5.97 Å². The Morgan fingerprint density at radius 2 is 1.69 bits per heavy atom. The molecule has 0 spiro atoms. The summed E-state index contributed by atoms with van der Waals surface area (Å²) >= 11 is 23.1. The molecule has 0 aliphatic carbocycles. The molecule has 2 aromatic carbocycles. The highest BCUT2D eigenvalue weighted by molar-refractivity contribution is 7.80. The average molecular weight is 477 g/mol. The molecule has 0 fully saturated rings. The molecule has 0 radical (unpaired) electrons. The maximum absolute atomic E-state index is 12.6. The van der Waals surface area contributed by atoms with Crippen molar-refractivity contribution in [3.8, 4) is 5.75 Å². The Bertz CT molecular complexity index is 904. The number of alkyl halides is 3. The molecular formula is C18H16Cl3N3O4S. The topological polar surface area (TPSA) is 99.7 Å². The summed E-state index contributed by atoms with van der Waals surface area (Å²) in [5, 5.41) is 17.1. The van der Waals surface area contributed by atoms with E-state index in [2.05, 4.69) is 16.0 Å². The molecule has 2 aromatic rings. The summed E-state index contributed by atoms with van der Waals surface area (Å²) in [7, 11) is 1.44. The molecule has 7 nitrogen and oxygen atoms in total. The number of benzene rings is 2. The van der Waals surface area contributed by atoms with Crippen LogP contribution < -0.4 is 20.7 Å². The van der Waals surface area contributed by atoms with Crippen molar-refractivity contribution in [3.63, 3.8) is 0 Å². The number of hydrogen-bond donors (Lipinski definition) is 4. The van der Waals surface area contributed by atoms with E-state index in [0.29, 0.717) is 11.4 Å². The fraction of sp³-hybridized carbons (Fsp3) is 0.167. The van der Waals surface area contributed by atoms with E-state index in [9.17, 15) is 9.59 Å². The van der Waals surface area contributed by atoms with E-state index in [-0.39, 0.29) is 16.2 Å². The smallest absolute Gasteiger partial charge is 0.335 e. The highest BCUT2D eigenvalue weighted by Gasteiger charge is 2.35. The van der Waals surface area contributed by atoms with Crippen LogP contribution in [0.5, 0.6) is 5.75 Å². The van der Waals surface area contributed by atoms with Gasteiger partial charge in [-0.15, -0.1) is 0 Å². The van der Waals surface area contributed by atoms with Gasteiger partial charge in [0, 0.05) is 5.69 Å². The van der Waals surface area contributed by atoms with Gasteiger partial charge in [-0.25, -0.2) is 4.79 Å². The molecule has 0 heterocycles. The number of para-hydroxylation sites is 1. The molecule has 0 saturated carbocycles. The SMILES string of the molecule is COc1ccccc1C(=O)N[C@H](NC(=S)Nc1ccc(C(=O)O)cc1)C(Cl)(Cl)Cl. The summed E-state index contributed by atoms with van der Waals surface area (Å²) < 4.78 is 3.23. The number of carboxylic acids is 1. The van der Waals surface area contributed by atoms with Crippen LogP contribution >= 0.6 is 47.0 Å². The minimum atomic E-state index is -1.93. The number of halogens is 3. The van der Waals surface area contributed by atoms with Crippen molar-refractivity contribution in [1.82, 2.24) is 10.6 Å². The Hall–Kier alpha value is -2.26. The summed E-state index contributed by atoms with van der Waals surface area (Å²) in [6.07, 6.45) is -1.18. The molecule has 2 rings (SSSR count). The molecule has 0 aliphatic rings. The number of carboxylic acid groups (broad SMARTS) is 1. The average Bonchev–Trinajstić information content (AvgIpc) is 2.67. The number of aromatic carboxylic acids is 1. The second kappa shape index (κ2) is 9.98. The number of anilines is 1. The second-order valence-corrected chi connectivity index (χ2v) is 8.41. The third kappa shape index (κ3) is 6.64. The van der Waals surface area contributed by atoms with Crippen LogP contribution in [0.15, 0.2) is 48.5 Å². The first-order valence-electron chi connectivity index (χ1n) is 8.03. The van der Waals surface area contributed by atoms with Crippen LogP contribution in [0, 0.1) is 0 Å². The highest BCUT2D eigenvalue weighted by Crippen LogP contribution is 2.30. The number of carbonyl (C=O) groups is 2. The van der Waals surface area contributed by atoms with E-state index < -0.39 is 21.8 Å². The Morgan fingerprint density at radius 1 is 1.07 bits per heavy atom. The molecule has 154 valence electrons. The van der Waals surface area contributed by atoms with E-state index in [4.69, 9.17) is 56.9 Å². The molecule has 4 N–H and O–H groups in total. The number of hydrogen-bond acceptors (Lipinski definition) is 4. The van der Waals surface area contributed by atoms with Crippen LogP contribution in [0.2, 0.25) is 0 Å². The van der Waals surface area contributed by atoms with Crippen LogP contribution in [-0.2, 0) is 0 Å². The Morgan fingerprint density at radius 3 is 2.24 bits per heavy atom. The lowest BCUT2D eigenvalue weighted by Crippen LogP contribution is -2.56. The van der Waals surface area contributed by atoms with E-state index >= 15 is 0 Å². The van der Waals surface area contributed by atoms with Gasteiger partial charge in [-0.05, 0) is 48.6 Å². The zero-order chi connectivity index (χ0) is 21.6. The van der Waals surface area contributed by atoms with Crippen molar-refractivity contribution >= 4 is 69.7 Å². The molecule has 11 heteroatoms. The van der Waals surface area contributed by atoms with Gasteiger partial charge < -0.3 is 25.8 Å². The standard InChI is InChI=1S/C18H16Cl3N3O4S/c1-28-13-5-3-2-4-12(13)14(25)23-16(18(19,20)21)24-17(29)22-11-8-6-10(7-9-11)15(26)27/h2-9,16H,1H3,(H,23,25)(H,26,27)(H2,22,24,29)/t16-/m1/s1. The highest BCUT2D eigenvalue weighted by atomic mass is 35.6. The second-order valence-electron chi connectivity index (χ2n) is 5.63. The lowest BCUT2D eigenvalue weighted by molar-refractivity contribution is 0.0696. The van der Waals surface area contributed by atoms with Crippen molar-refractivity contribution < 1.29 is 19.4 Å². The van der Waals surface area contributed by atoms with E-state index in [0.717, 1.165) is 0 Å². The van der Waals surface area contributed by atoms with E-state index in [1.54, 1.807) is 24.3 Å². The summed E-state index contributed by atoms with van der Waals surface area (Å²) in [5.41, 5.74) is 0.878. The van der Waals surface area contributed by atoms with Gasteiger partial charge in [-0.1, -0.05) is 46.9 Å². The quantitative estimate of drug-likeness (QED) is 0.286. The van der Waals surface area contributed by atoms with Crippen LogP contribution in [-0.4, -0.2) is 39.2 Å². The minimum Gasteiger partial charge on any atom is -0.496 e. The van der Waals surface area contributed by atoms with Gasteiger partial charge in [-0.2, -0.15) is 0 Å². The van der Waals surface area contributed by atoms with Gasteiger partial charge in [0.25, 0.3) is 5.91 Å². The molecule has 0 saturated heterocycles. The van der Waals surface area contributed by atoms with Crippen molar-refractivity contribution in [2.45, 2.75) is 9.96 Å². The first kappa shape index (κ1) is 23.0. The number of carbonyl (C=O) groups excluding carboxylic acids is 1. The van der Waals surface area contributed by atoms with Crippen LogP contribution in [0.4, 0.5) is 5.69 Å². The summed E-state index contributed by atoms with van der Waals surface area (Å²) in [6, 6.07) is 12.4. The fourth-order valence-corrected chi connectivity index (χ4v) is 2.80. The summed E-state index contributed by atoms with van der Waals surface area (Å²) in [5.74, 6) is -1.24. The van der Waals surface area contributed by atoms with Gasteiger partial charge in [0.2, 0.25) is 3.79 Å². The van der Waals surface area contributed by atoms with Gasteiger partial charge in [0.1, 0.15) is 11.9 Å². The first-order chi connectivity index (χ1) is 13.6. The van der Waals surface area contributed by atoms with Crippen molar-refractivity contribution in [2.24, 2.45) is 0 Å². The largest absolute Gasteiger partial charge is 0.496 e. The molecule has 0 bridgehead atoms. The van der Waals surface area contributed by atoms with Crippen LogP contribution in [0.25, 0.3) is 0 Å². The maximum atomic E-state index is 12.6. The molecule has 0 aromatic heterocycles. The third-order valence-corrected chi connectivity index (χ3v) is 4.49. The monoisotopic (exact) mass is 475 g/mol. The van der Waals surface area contributed by atoms with E-state index in [1.807, 2.05) is 0 Å². The van der Waals surface area contributed by atoms with Gasteiger partial charge in [-0.3, -0.25) is 4.79 Å². The number of methoxy groups -OCH3 is 1. The molecule has 29 heavy (non-hydrogen) atoms. The molecular weight excluding hydrogens is 461 g/mol. The lowest BCUT2D eigenvalue weighted by Gasteiger charge is -2.28. The number of nitrogens with one attached hydrogen (secondary N) is 3. The Kier molecular flexibility index (Phi) is 7.92.